The van der Waals surface area contributed by atoms with Gasteiger partial charge in [0.15, 0.2) is 0 Å². The lowest BCUT2D eigenvalue weighted by Gasteiger charge is -2.26. The van der Waals surface area contributed by atoms with Crippen molar-refractivity contribution in [2.45, 2.75) is 25.8 Å². The predicted molar refractivity (Wildman–Crippen MR) is 67.9 cm³/mol. The monoisotopic (exact) mass is 235 g/mol. The first-order chi connectivity index (χ1) is 8.38. The minimum atomic E-state index is 0.462. The van der Waals surface area contributed by atoms with E-state index in [-0.39, 0.29) is 0 Å². The molecule has 0 atom stereocenters. The van der Waals surface area contributed by atoms with Crippen molar-refractivity contribution in [1.82, 2.24) is 9.88 Å². The summed E-state index contributed by atoms with van der Waals surface area (Å²) in [6.07, 6.45) is 4.01. The summed E-state index contributed by atoms with van der Waals surface area (Å²) in [4.78, 5) is 6.76. The van der Waals surface area contributed by atoms with Crippen LogP contribution < -0.4 is 10.5 Å². The first-order valence-corrected chi connectivity index (χ1v) is 6.39. The second-order valence-electron chi connectivity index (χ2n) is 4.42. The first kappa shape index (κ1) is 12.3. The molecular weight excluding hydrogens is 214 g/mol. The number of ether oxygens (including phenoxy) is 1. The lowest BCUT2D eigenvalue weighted by atomic mass is 10.1. The molecule has 0 spiro atoms. The van der Waals surface area contributed by atoms with Gasteiger partial charge in [-0.1, -0.05) is 12.5 Å². The van der Waals surface area contributed by atoms with Crippen molar-refractivity contribution in [3.05, 3.63) is 23.9 Å². The largest absolute Gasteiger partial charge is 0.476 e. The fourth-order valence-electron chi connectivity index (χ4n) is 2.11. The molecule has 1 saturated heterocycles. The Hall–Kier alpha value is -1.13. The Morgan fingerprint density at radius 1 is 1.24 bits per heavy atom. The molecule has 17 heavy (non-hydrogen) atoms. The maximum atomic E-state index is 5.64. The number of hydrogen-bond acceptors (Lipinski definition) is 4. The second-order valence-corrected chi connectivity index (χ2v) is 4.42. The van der Waals surface area contributed by atoms with Gasteiger partial charge in [-0.15, -0.1) is 0 Å². The van der Waals surface area contributed by atoms with Crippen LogP contribution in [0.15, 0.2) is 18.2 Å². The van der Waals surface area contributed by atoms with Gasteiger partial charge in [0, 0.05) is 19.2 Å². The van der Waals surface area contributed by atoms with Crippen molar-refractivity contribution >= 4 is 0 Å². The Balaban J connectivity index is 1.73. The van der Waals surface area contributed by atoms with Crippen LogP contribution in [0.5, 0.6) is 5.88 Å². The van der Waals surface area contributed by atoms with Crippen LogP contribution >= 0.6 is 0 Å². The van der Waals surface area contributed by atoms with Crippen LogP contribution in [0, 0.1) is 0 Å². The van der Waals surface area contributed by atoms with Crippen LogP contribution in [0.25, 0.3) is 0 Å². The Labute approximate surface area is 103 Å². The highest BCUT2D eigenvalue weighted by atomic mass is 16.5. The van der Waals surface area contributed by atoms with Gasteiger partial charge in [0.05, 0.1) is 5.69 Å². The van der Waals surface area contributed by atoms with E-state index >= 15 is 0 Å². The van der Waals surface area contributed by atoms with Crippen LogP contribution in [0.1, 0.15) is 25.0 Å². The van der Waals surface area contributed by atoms with Crippen molar-refractivity contribution in [3.63, 3.8) is 0 Å². The van der Waals surface area contributed by atoms with E-state index < -0.39 is 0 Å². The minimum Gasteiger partial charge on any atom is -0.476 e. The lowest BCUT2D eigenvalue weighted by molar-refractivity contribution is 0.180. The average Bonchev–Trinajstić information content (AvgIpc) is 2.40. The molecule has 2 N–H and O–H groups in total. The highest BCUT2D eigenvalue weighted by Crippen LogP contribution is 2.10. The van der Waals surface area contributed by atoms with E-state index in [2.05, 4.69) is 9.88 Å². The molecule has 1 aromatic heterocycles. The number of nitrogens with two attached hydrogens (primary N) is 1. The standard InChI is InChI=1S/C13H21N3O/c14-11-12-5-4-6-13(15-12)17-10-9-16-7-2-1-3-8-16/h4-6H,1-3,7-11,14H2. The van der Waals surface area contributed by atoms with Gasteiger partial charge in [-0.25, -0.2) is 4.98 Å². The lowest BCUT2D eigenvalue weighted by Crippen LogP contribution is -2.33. The molecule has 4 nitrogen and oxygen atoms in total. The van der Waals surface area contributed by atoms with Crippen molar-refractivity contribution in [2.24, 2.45) is 5.73 Å². The zero-order valence-electron chi connectivity index (χ0n) is 10.3. The van der Waals surface area contributed by atoms with Gasteiger partial charge >= 0.3 is 0 Å². The summed E-state index contributed by atoms with van der Waals surface area (Å²) in [5.41, 5.74) is 6.41. The van der Waals surface area contributed by atoms with E-state index in [4.69, 9.17) is 10.5 Å². The van der Waals surface area contributed by atoms with Crippen LogP contribution in [-0.2, 0) is 6.54 Å². The normalized spacial score (nSPS) is 17.0. The van der Waals surface area contributed by atoms with Crippen molar-refractivity contribution in [3.8, 4) is 5.88 Å². The summed E-state index contributed by atoms with van der Waals surface area (Å²) in [6, 6.07) is 5.73. The van der Waals surface area contributed by atoms with E-state index in [1.54, 1.807) is 0 Å². The third-order valence-corrected chi connectivity index (χ3v) is 3.10. The molecule has 2 heterocycles. The van der Waals surface area contributed by atoms with Gasteiger partial charge in [-0.2, -0.15) is 0 Å². The van der Waals surface area contributed by atoms with Gasteiger partial charge in [0.1, 0.15) is 6.61 Å². The number of rotatable bonds is 5. The maximum absolute atomic E-state index is 5.64. The number of hydrogen-bond donors (Lipinski definition) is 1. The smallest absolute Gasteiger partial charge is 0.213 e. The molecule has 4 heteroatoms. The summed E-state index contributed by atoms with van der Waals surface area (Å²) in [5, 5.41) is 0. The molecule has 2 rings (SSSR count). The number of piperidine rings is 1. The molecular formula is C13H21N3O. The van der Waals surface area contributed by atoms with E-state index in [9.17, 15) is 0 Å². The molecule has 0 aromatic carbocycles. The Kier molecular flexibility index (Phi) is 4.76. The minimum absolute atomic E-state index is 0.462. The van der Waals surface area contributed by atoms with Crippen LogP contribution in [0.2, 0.25) is 0 Å². The van der Waals surface area contributed by atoms with Gasteiger partial charge in [-0.05, 0) is 32.0 Å². The average molecular weight is 235 g/mol. The molecule has 0 amide bonds. The highest BCUT2D eigenvalue weighted by molar-refractivity contribution is 5.15. The third-order valence-electron chi connectivity index (χ3n) is 3.10. The SMILES string of the molecule is NCc1cccc(OCCN2CCCCC2)n1. The highest BCUT2D eigenvalue weighted by Gasteiger charge is 2.09. The van der Waals surface area contributed by atoms with E-state index in [0.717, 1.165) is 12.2 Å². The fraction of sp³-hybridized carbons (Fsp3) is 0.615. The van der Waals surface area contributed by atoms with Crippen molar-refractivity contribution < 1.29 is 4.74 Å². The molecule has 0 saturated carbocycles. The van der Waals surface area contributed by atoms with Gasteiger partial charge in [-0.3, -0.25) is 4.90 Å². The molecule has 1 aliphatic rings. The number of pyridine rings is 1. The maximum Gasteiger partial charge on any atom is 0.213 e. The Bertz CT molecular complexity index is 337. The predicted octanol–water partition coefficient (Wildman–Crippen LogP) is 1.40. The molecule has 1 aliphatic heterocycles. The molecule has 1 aromatic rings. The zero-order valence-corrected chi connectivity index (χ0v) is 10.3. The van der Waals surface area contributed by atoms with Crippen molar-refractivity contribution in [1.29, 1.82) is 0 Å². The fourth-order valence-corrected chi connectivity index (χ4v) is 2.11. The summed E-state index contributed by atoms with van der Waals surface area (Å²) in [7, 11) is 0. The van der Waals surface area contributed by atoms with E-state index in [1.807, 2.05) is 18.2 Å². The number of likely N-dealkylation sites (tertiary alicyclic amines) is 1. The third kappa shape index (κ3) is 3.98. The van der Waals surface area contributed by atoms with Crippen molar-refractivity contribution in [2.75, 3.05) is 26.2 Å². The summed E-state index contributed by atoms with van der Waals surface area (Å²) in [5.74, 6) is 0.685. The number of aromatic nitrogens is 1. The van der Waals surface area contributed by atoms with Gasteiger partial charge < -0.3 is 10.5 Å². The Morgan fingerprint density at radius 2 is 2.06 bits per heavy atom. The summed E-state index contributed by atoms with van der Waals surface area (Å²) in [6.45, 7) is 4.58. The van der Waals surface area contributed by atoms with Gasteiger partial charge in [0.25, 0.3) is 0 Å². The number of nitrogens with zero attached hydrogens (tertiary/aromatic N) is 2. The zero-order chi connectivity index (χ0) is 11.9. The summed E-state index contributed by atoms with van der Waals surface area (Å²) < 4.78 is 5.64. The molecule has 1 fully saturated rings. The van der Waals surface area contributed by atoms with E-state index in [0.29, 0.717) is 19.0 Å². The van der Waals surface area contributed by atoms with Crippen LogP contribution in [0.4, 0.5) is 0 Å². The summed E-state index contributed by atoms with van der Waals surface area (Å²) >= 11 is 0. The first-order valence-electron chi connectivity index (χ1n) is 6.39. The Morgan fingerprint density at radius 3 is 2.82 bits per heavy atom. The molecule has 0 aliphatic carbocycles. The second kappa shape index (κ2) is 6.57. The van der Waals surface area contributed by atoms with E-state index in [1.165, 1.54) is 32.4 Å². The molecule has 0 bridgehead atoms. The van der Waals surface area contributed by atoms with Crippen LogP contribution in [0.3, 0.4) is 0 Å². The van der Waals surface area contributed by atoms with Gasteiger partial charge in [0.2, 0.25) is 5.88 Å². The van der Waals surface area contributed by atoms with Crippen LogP contribution in [-0.4, -0.2) is 36.1 Å². The topological polar surface area (TPSA) is 51.4 Å². The molecule has 94 valence electrons. The quantitative estimate of drug-likeness (QED) is 0.838. The molecule has 0 unspecified atom stereocenters. The molecule has 0 radical (unpaired) electrons.